The number of hydrogen-bond donors (Lipinski definition) is 2. The van der Waals surface area contributed by atoms with Gasteiger partial charge in [0, 0.05) is 0 Å². The Morgan fingerprint density at radius 1 is 0.923 bits per heavy atom. The zero-order valence-corrected chi connectivity index (χ0v) is 6.75. The molecule has 76 valence electrons. The third-order valence-corrected chi connectivity index (χ3v) is 2.53. The molecule has 0 amide bonds. The van der Waals surface area contributed by atoms with E-state index in [1.807, 2.05) is 0 Å². The third-order valence-electron chi connectivity index (χ3n) is 2.53. The van der Waals surface area contributed by atoms with Crippen molar-refractivity contribution in [3.8, 4) is 0 Å². The molecule has 0 aromatic heterocycles. The summed E-state index contributed by atoms with van der Waals surface area (Å²) in [5, 5.41) is 17.6. The molecule has 1 saturated carbocycles. The second-order valence-electron chi connectivity index (χ2n) is 3.25. The minimum Gasteiger partial charge on any atom is -0.480 e. The number of hydrogen-bond acceptors (Lipinski definition) is 2. The minimum absolute atomic E-state index is 0. The van der Waals surface area contributed by atoms with Crippen molar-refractivity contribution in [3.05, 3.63) is 0 Å². The highest BCUT2D eigenvalue weighted by Crippen LogP contribution is 2.36. The van der Waals surface area contributed by atoms with Crippen molar-refractivity contribution in [2.45, 2.75) is 39.5 Å². The van der Waals surface area contributed by atoms with Crippen LogP contribution in [-0.2, 0) is 9.59 Å². The summed E-state index contributed by atoms with van der Waals surface area (Å²) in [6, 6.07) is 0. The van der Waals surface area contributed by atoms with Crippen molar-refractivity contribution in [3.63, 3.8) is 0 Å². The summed E-state index contributed by atoms with van der Waals surface area (Å²) in [5.74, 6) is -2.37. The molecule has 0 aliphatic heterocycles. The van der Waals surface area contributed by atoms with Crippen LogP contribution in [0.15, 0.2) is 0 Å². The smallest absolute Gasteiger partial charge is 0.321 e. The van der Waals surface area contributed by atoms with Gasteiger partial charge in [-0.25, -0.2) is 0 Å². The van der Waals surface area contributed by atoms with Crippen LogP contribution in [0.1, 0.15) is 39.5 Å². The predicted octanol–water partition coefficient (Wildman–Crippen LogP) is 1.74. The Morgan fingerprint density at radius 3 is 1.54 bits per heavy atom. The lowest BCUT2D eigenvalue weighted by atomic mass is 9.74. The van der Waals surface area contributed by atoms with E-state index in [1.165, 1.54) is 0 Å². The van der Waals surface area contributed by atoms with Gasteiger partial charge in [-0.1, -0.05) is 26.7 Å². The van der Waals surface area contributed by atoms with Crippen LogP contribution in [0.3, 0.4) is 0 Å². The van der Waals surface area contributed by atoms with E-state index in [0.29, 0.717) is 12.8 Å². The van der Waals surface area contributed by atoms with Gasteiger partial charge in [0.05, 0.1) is 0 Å². The topological polar surface area (TPSA) is 74.6 Å². The summed E-state index contributed by atoms with van der Waals surface area (Å²) in [6.07, 6.45) is 2.91. The van der Waals surface area contributed by atoms with Crippen molar-refractivity contribution in [1.29, 1.82) is 0 Å². The van der Waals surface area contributed by atoms with Gasteiger partial charge in [-0.3, -0.25) is 9.59 Å². The van der Waals surface area contributed by atoms with Gasteiger partial charge in [-0.05, 0) is 12.8 Å². The summed E-state index contributed by atoms with van der Waals surface area (Å²) in [4.78, 5) is 21.5. The van der Waals surface area contributed by atoms with Gasteiger partial charge in [0.15, 0.2) is 5.41 Å². The van der Waals surface area contributed by atoms with Crippen LogP contribution in [0.25, 0.3) is 0 Å². The second-order valence-corrected chi connectivity index (χ2v) is 3.25. The normalized spacial score (nSPS) is 20.0. The number of carboxylic acids is 2. The molecule has 4 heteroatoms. The number of aliphatic carboxylic acids is 2. The molecule has 0 spiro atoms. The molecular weight excluding hydrogens is 172 g/mol. The monoisotopic (exact) mass is 188 g/mol. The van der Waals surface area contributed by atoms with Crippen LogP contribution >= 0.6 is 0 Å². The highest BCUT2D eigenvalue weighted by Gasteiger charge is 2.46. The fourth-order valence-corrected chi connectivity index (χ4v) is 1.67. The maximum absolute atomic E-state index is 10.7. The first-order chi connectivity index (χ1) is 5.59. The maximum atomic E-state index is 10.7. The molecule has 1 aliphatic rings. The van der Waals surface area contributed by atoms with Crippen molar-refractivity contribution >= 4 is 11.9 Å². The van der Waals surface area contributed by atoms with Crippen LogP contribution < -0.4 is 0 Å². The van der Waals surface area contributed by atoms with Gasteiger partial charge in [0.25, 0.3) is 0 Å². The molecule has 0 aromatic rings. The molecule has 1 aliphatic carbocycles. The third kappa shape index (κ3) is 1.99. The summed E-state index contributed by atoms with van der Waals surface area (Å²) < 4.78 is 0. The van der Waals surface area contributed by atoms with Gasteiger partial charge in [-0.15, -0.1) is 0 Å². The standard InChI is InChI=1S/C8H12O4.CH4/c9-6(10)8(7(11)12)4-2-1-3-5-8;/h1-5H2,(H,9,10)(H,11,12);1H4. The molecule has 0 radical (unpaired) electrons. The average molecular weight is 188 g/mol. The number of carboxylic acid groups (broad SMARTS) is 2. The van der Waals surface area contributed by atoms with E-state index in [1.54, 1.807) is 0 Å². The molecule has 0 bridgehead atoms. The van der Waals surface area contributed by atoms with E-state index >= 15 is 0 Å². The molecule has 0 heterocycles. The first kappa shape index (κ1) is 11.9. The molecule has 1 rings (SSSR count). The molecule has 0 atom stereocenters. The highest BCUT2D eigenvalue weighted by molar-refractivity contribution is 5.98. The van der Waals surface area contributed by atoms with E-state index in [4.69, 9.17) is 10.2 Å². The van der Waals surface area contributed by atoms with Crippen molar-refractivity contribution in [2.24, 2.45) is 5.41 Å². The largest absolute Gasteiger partial charge is 0.480 e. The van der Waals surface area contributed by atoms with Crippen LogP contribution in [0.4, 0.5) is 0 Å². The van der Waals surface area contributed by atoms with Gasteiger partial charge in [0.2, 0.25) is 0 Å². The van der Waals surface area contributed by atoms with E-state index in [2.05, 4.69) is 0 Å². The number of rotatable bonds is 2. The van der Waals surface area contributed by atoms with Gasteiger partial charge in [0.1, 0.15) is 0 Å². The molecule has 0 saturated heterocycles. The molecular formula is C9H16O4. The Hall–Kier alpha value is -1.06. The Kier molecular flexibility index (Phi) is 3.91. The lowest BCUT2D eigenvalue weighted by Crippen LogP contribution is -2.40. The molecule has 2 N–H and O–H groups in total. The number of carbonyl (C=O) groups is 2. The molecule has 13 heavy (non-hydrogen) atoms. The van der Waals surface area contributed by atoms with Crippen LogP contribution in [-0.4, -0.2) is 22.2 Å². The van der Waals surface area contributed by atoms with Crippen molar-refractivity contribution in [1.82, 2.24) is 0 Å². The minimum atomic E-state index is -1.49. The van der Waals surface area contributed by atoms with E-state index in [0.717, 1.165) is 6.42 Å². The highest BCUT2D eigenvalue weighted by atomic mass is 16.4. The van der Waals surface area contributed by atoms with E-state index in [9.17, 15) is 9.59 Å². The fourth-order valence-electron chi connectivity index (χ4n) is 1.67. The first-order valence-corrected chi connectivity index (χ1v) is 4.06. The lowest BCUT2D eigenvalue weighted by Gasteiger charge is -2.28. The molecule has 1 fully saturated rings. The molecule has 0 unspecified atom stereocenters. The molecule has 0 aromatic carbocycles. The Labute approximate surface area is 77.6 Å². The van der Waals surface area contributed by atoms with Crippen LogP contribution in [0, 0.1) is 5.41 Å². The zero-order valence-electron chi connectivity index (χ0n) is 6.75. The van der Waals surface area contributed by atoms with Crippen LogP contribution in [0.2, 0.25) is 0 Å². The summed E-state index contributed by atoms with van der Waals surface area (Å²) >= 11 is 0. The second kappa shape index (κ2) is 4.25. The van der Waals surface area contributed by atoms with E-state index in [-0.39, 0.29) is 20.3 Å². The zero-order chi connectivity index (χ0) is 9.19. The average Bonchev–Trinajstić information content (AvgIpc) is 2.05. The Morgan fingerprint density at radius 2 is 1.31 bits per heavy atom. The quantitative estimate of drug-likeness (QED) is 0.647. The lowest BCUT2D eigenvalue weighted by molar-refractivity contribution is -0.167. The van der Waals surface area contributed by atoms with E-state index < -0.39 is 17.4 Å². The van der Waals surface area contributed by atoms with Gasteiger partial charge >= 0.3 is 11.9 Å². The maximum Gasteiger partial charge on any atom is 0.321 e. The van der Waals surface area contributed by atoms with Gasteiger partial charge in [-0.2, -0.15) is 0 Å². The molecule has 4 nitrogen and oxygen atoms in total. The Balaban J connectivity index is 0.00000144. The van der Waals surface area contributed by atoms with Crippen LogP contribution in [0.5, 0.6) is 0 Å². The van der Waals surface area contributed by atoms with Gasteiger partial charge < -0.3 is 10.2 Å². The summed E-state index contributed by atoms with van der Waals surface area (Å²) in [5.41, 5.74) is -1.49. The Bertz CT molecular complexity index is 188. The summed E-state index contributed by atoms with van der Waals surface area (Å²) in [6.45, 7) is 0. The van der Waals surface area contributed by atoms with Crippen molar-refractivity contribution in [2.75, 3.05) is 0 Å². The summed E-state index contributed by atoms with van der Waals surface area (Å²) in [7, 11) is 0. The SMILES string of the molecule is C.O=C(O)C1(C(=O)O)CCCCC1. The first-order valence-electron chi connectivity index (χ1n) is 4.06. The predicted molar refractivity (Wildman–Crippen MR) is 47.5 cm³/mol. The van der Waals surface area contributed by atoms with Crippen molar-refractivity contribution < 1.29 is 19.8 Å². The fraction of sp³-hybridized carbons (Fsp3) is 0.778.